The van der Waals surface area contributed by atoms with Crippen LogP contribution in [0.4, 0.5) is 11.4 Å². The minimum atomic E-state index is -0.0845. The molecule has 1 fully saturated rings. The zero-order chi connectivity index (χ0) is 26.4. The summed E-state index contributed by atoms with van der Waals surface area (Å²) in [4.78, 5) is 9.09. The average molecular weight is 518 g/mol. The zero-order valence-corrected chi connectivity index (χ0v) is 22.9. The maximum Gasteiger partial charge on any atom is 0.174 e. The Morgan fingerprint density at radius 1 is 0.868 bits per heavy atom. The van der Waals surface area contributed by atoms with Crippen LogP contribution in [0.3, 0.4) is 0 Å². The van der Waals surface area contributed by atoms with E-state index in [1.54, 1.807) is 0 Å². The fourth-order valence-electron chi connectivity index (χ4n) is 5.72. The van der Waals surface area contributed by atoms with Gasteiger partial charge in [0.25, 0.3) is 0 Å². The van der Waals surface area contributed by atoms with Crippen LogP contribution in [-0.2, 0) is 0 Å². The molecule has 0 amide bonds. The Balaban J connectivity index is 1.52. The Morgan fingerprint density at radius 3 is 2.34 bits per heavy atom. The predicted molar refractivity (Wildman–Crippen MR) is 161 cm³/mol. The first-order chi connectivity index (χ1) is 18.4. The molecule has 0 aliphatic carbocycles. The second kappa shape index (κ2) is 9.62. The molecule has 190 valence electrons. The maximum atomic E-state index is 5.97. The van der Waals surface area contributed by atoms with Crippen molar-refractivity contribution in [1.29, 1.82) is 0 Å². The number of anilines is 2. The van der Waals surface area contributed by atoms with Crippen molar-refractivity contribution in [1.82, 2.24) is 14.9 Å². The number of rotatable bonds is 5. The number of nitrogens with zero attached hydrogens (tertiary/aromatic N) is 4. The van der Waals surface area contributed by atoms with Crippen LogP contribution < -0.4 is 15.1 Å². The number of nitrogens with one attached hydrogen (secondary N) is 1. The fraction of sp³-hybridized carbons (Fsp3) is 0.188. The lowest BCUT2D eigenvalue weighted by atomic mass is 9.96. The molecule has 2 atom stereocenters. The van der Waals surface area contributed by atoms with Gasteiger partial charge < -0.3 is 19.7 Å². The van der Waals surface area contributed by atoms with E-state index in [9.17, 15) is 0 Å². The maximum absolute atomic E-state index is 5.97. The van der Waals surface area contributed by atoms with Gasteiger partial charge in [-0.05, 0) is 85.5 Å². The molecule has 3 heterocycles. The van der Waals surface area contributed by atoms with E-state index in [0.717, 1.165) is 17.1 Å². The van der Waals surface area contributed by atoms with E-state index in [2.05, 4.69) is 126 Å². The summed E-state index contributed by atoms with van der Waals surface area (Å²) in [6.07, 6.45) is 1.85. The normalized spacial score (nSPS) is 17.2. The molecule has 6 heteroatoms. The Hall–Kier alpha value is -4.16. The number of thiocarbonyl (C=S) groups is 1. The first kappa shape index (κ1) is 24.2. The van der Waals surface area contributed by atoms with Gasteiger partial charge in [0.05, 0.1) is 23.5 Å². The van der Waals surface area contributed by atoms with Crippen LogP contribution in [0.15, 0.2) is 97.2 Å². The van der Waals surface area contributed by atoms with E-state index in [1.165, 1.54) is 33.4 Å². The van der Waals surface area contributed by atoms with Gasteiger partial charge in [-0.2, -0.15) is 0 Å². The summed E-state index contributed by atoms with van der Waals surface area (Å²) in [5.74, 6) is 0. The molecule has 5 nitrogen and oxygen atoms in total. The largest absolute Gasteiger partial charge is 0.378 e. The molecule has 6 rings (SSSR count). The summed E-state index contributed by atoms with van der Waals surface area (Å²) in [5, 5.41) is 6.78. The van der Waals surface area contributed by atoms with E-state index in [4.69, 9.17) is 17.2 Å². The molecule has 1 aliphatic rings. The quantitative estimate of drug-likeness (QED) is 0.257. The predicted octanol–water partition coefficient (Wildman–Crippen LogP) is 6.89. The van der Waals surface area contributed by atoms with Gasteiger partial charge in [-0.1, -0.05) is 42.5 Å². The SMILES string of the molecule is Cc1cc([C@@H]2[C@H](c3ccccn3)NC(=S)N2c2ccc(N(C)C)cc2)c(C)n1-c1cccc2ccccc12. The minimum absolute atomic E-state index is 0.0578. The smallest absolute Gasteiger partial charge is 0.174 e. The van der Waals surface area contributed by atoms with E-state index in [1.807, 2.05) is 18.3 Å². The minimum Gasteiger partial charge on any atom is -0.378 e. The first-order valence-electron chi connectivity index (χ1n) is 12.9. The molecule has 0 saturated carbocycles. The molecule has 2 aromatic heterocycles. The van der Waals surface area contributed by atoms with Crippen LogP contribution in [0.5, 0.6) is 0 Å². The third-order valence-corrected chi connectivity index (χ3v) is 7.85. The molecule has 0 bridgehead atoms. The summed E-state index contributed by atoms with van der Waals surface area (Å²) < 4.78 is 2.38. The third-order valence-electron chi connectivity index (χ3n) is 7.54. The van der Waals surface area contributed by atoms with Crippen molar-refractivity contribution in [3.63, 3.8) is 0 Å². The second-order valence-electron chi connectivity index (χ2n) is 10.1. The summed E-state index contributed by atoms with van der Waals surface area (Å²) in [5.41, 5.74) is 8.00. The van der Waals surface area contributed by atoms with Crippen LogP contribution in [0.1, 0.15) is 34.7 Å². The highest BCUT2D eigenvalue weighted by Gasteiger charge is 2.42. The van der Waals surface area contributed by atoms with E-state index in [0.29, 0.717) is 5.11 Å². The van der Waals surface area contributed by atoms with E-state index in [-0.39, 0.29) is 12.1 Å². The van der Waals surface area contributed by atoms with Crippen molar-refractivity contribution >= 4 is 39.5 Å². The molecule has 3 aromatic carbocycles. The van der Waals surface area contributed by atoms with Crippen LogP contribution in [0, 0.1) is 13.8 Å². The molecule has 1 N–H and O–H groups in total. The number of benzene rings is 3. The Bertz CT molecular complexity index is 1620. The van der Waals surface area contributed by atoms with E-state index < -0.39 is 0 Å². The van der Waals surface area contributed by atoms with Crippen molar-refractivity contribution < 1.29 is 0 Å². The van der Waals surface area contributed by atoms with Crippen LogP contribution >= 0.6 is 12.2 Å². The average Bonchev–Trinajstić information content (AvgIpc) is 3.43. The molecule has 1 saturated heterocycles. The number of aryl methyl sites for hydroxylation is 1. The summed E-state index contributed by atoms with van der Waals surface area (Å²) in [7, 11) is 4.11. The lowest BCUT2D eigenvalue weighted by molar-refractivity contribution is 0.565. The number of hydrogen-bond acceptors (Lipinski definition) is 3. The summed E-state index contributed by atoms with van der Waals surface area (Å²) in [6.45, 7) is 4.40. The number of hydrogen-bond donors (Lipinski definition) is 1. The Morgan fingerprint density at radius 2 is 1.61 bits per heavy atom. The van der Waals surface area contributed by atoms with Crippen molar-refractivity contribution in [2.45, 2.75) is 25.9 Å². The molecular formula is C32H31N5S. The third kappa shape index (κ3) is 4.02. The molecule has 38 heavy (non-hydrogen) atoms. The summed E-state index contributed by atoms with van der Waals surface area (Å²) >= 11 is 5.97. The summed E-state index contributed by atoms with van der Waals surface area (Å²) in [6, 6.07) is 31.9. The standard InChI is InChI=1S/C32H31N5S/c1-21-20-27(22(2)36(21)29-14-9-11-23-10-5-6-12-26(23)29)31-30(28-13-7-8-19-33-28)34-32(38)37(31)25-17-15-24(16-18-25)35(3)4/h5-20,30-31H,1-4H3,(H,34,38)/t30-,31+/m0/s1. The van der Waals surface area contributed by atoms with Gasteiger partial charge in [0.2, 0.25) is 0 Å². The van der Waals surface area contributed by atoms with Crippen molar-refractivity contribution in [2.75, 3.05) is 23.9 Å². The molecular weight excluding hydrogens is 486 g/mol. The Labute approximate surface area is 229 Å². The zero-order valence-electron chi connectivity index (χ0n) is 22.1. The second-order valence-corrected chi connectivity index (χ2v) is 10.5. The van der Waals surface area contributed by atoms with Gasteiger partial charge in [-0.15, -0.1) is 0 Å². The van der Waals surface area contributed by atoms with Crippen LogP contribution in [-0.4, -0.2) is 28.8 Å². The first-order valence-corrected chi connectivity index (χ1v) is 13.3. The molecule has 0 radical (unpaired) electrons. The topological polar surface area (TPSA) is 36.3 Å². The van der Waals surface area contributed by atoms with Gasteiger partial charge in [-0.3, -0.25) is 4.98 Å². The van der Waals surface area contributed by atoms with Crippen LogP contribution in [0.25, 0.3) is 16.5 Å². The highest BCUT2D eigenvalue weighted by Crippen LogP contribution is 2.44. The monoisotopic (exact) mass is 517 g/mol. The number of pyridine rings is 1. The lowest BCUT2D eigenvalue weighted by Gasteiger charge is -2.28. The lowest BCUT2D eigenvalue weighted by Crippen LogP contribution is -2.29. The van der Waals surface area contributed by atoms with Crippen molar-refractivity contribution in [2.24, 2.45) is 0 Å². The number of aromatic nitrogens is 2. The van der Waals surface area contributed by atoms with Crippen molar-refractivity contribution in [3.05, 3.63) is 120 Å². The van der Waals surface area contributed by atoms with Crippen LogP contribution in [0.2, 0.25) is 0 Å². The van der Waals surface area contributed by atoms with Gasteiger partial charge in [0.15, 0.2) is 5.11 Å². The Kier molecular flexibility index (Phi) is 6.12. The molecule has 0 spiro atoms. The highest BCUT2D eigenvalue weighted by molar-refractivity contribution is 7.80. The number of fused-ring (bicyclic) bond motifs is 1. The van der Waals surface area contributed by atoms with Gasteiger partial charge in [-0.25, -0.2) is 0 Å². The fourth-order valence-corrected chi connectivity index (χ4v) is 6.07. The molecule has 1 aliphatic heterocycles. The molecule has 0 unspecified atom stereocenters. The van der Waals surface area contributed by atoms with E-state index >= 15 is 0 Å². The van der Waals surface area contributed by atoms with Crippen molar-refractivity contribution in [3.8, 4) is 5.69 Å². The van der Waals surface area contributed by atoms with Gasteiger partial charge in [0.1, 0.15) is 0 Å². The van der Waals surface area contributed by atoms with Gasteiger partial charge >= 0.3 is 0 Å². The highest BCUT2D eigenvalue weighted by atomic mass is 32.1. The van der Waals surface area contributed by atoms with Gasteiger partial charge in [0, 0.05) is 48.4 Å². The molecule has 5 aromatic rings.